The second-order valence-corrected chi connectivity index (χ2v) is 11.9. The van der Waals surface area contributed by atoms with Gasteiger partial charge in [0.1, 0.15) is 17.7 Å². The van der Waals surface area contributed by atoms with Crippen LogP contribution in [0.3, 0.4) is 0 Å². The highest BCUT2D eigenvalue weighted by Crippen LogP contribution is 2.39. The number of nitrogens with zero attached hydrogens (tertiary/aromatic N) is 2. The Hall–Kier alpha value is -5.45. The highest BCUT2D eigenvalue weighted by Gasteiger charge is 2.19. The fourth-order valence-corrected chi connectivity index (χ4v) is 7.28. The van der Waals surface area contributed by atoms with E-state index in [1.807, 2.05) is 29.7 Å². The number of aromatic nitrogens is 2. The van der Waals surface area contributed by atoms with E-state index in [1.165, 1.54) is 36.9 Å². The lowest BCUT2D eigenvalue weighted by Crippen LogP contribution is -1.97. The van der Waals surface area contributed by atoms with Crippen molar-refractivity contribution >= 4 is 53.5 Å². The van der Waals surface area contributed by atoms with Crippen LogP contribution in [0.15, 0.2) is 150 Å². The van der Waals surface area contributed by atoms with Crippen LogP contribution in [0.2, 0.25) is 0 Å². The molecular formula is C39H24N2OS. The van der Waals surface area contributed by atoms with Gasteiger partial charge in [-0.05, 0) is 76.9 Å². The fraction of sp³-hybridized carbons (Fsp3) is 0. The van der Waals surface area contributed by atoms with Gasteiger partial charge in [0.15, 0.2) is 0 Å². The number of hydrogen-bond donors (Lipinski definition) is 0. The highest BCUT2D eigenvalue weighted by molar-refractivity contribution is 7.25. The van der Waals surface area contributed by atoms with Crippen molar-refractivity contribution in [2.24, 2.45) is 0 Å². The average Bonchev–Trinajstić information content (AvgIpc) is 3.77. The van der Waals surface area contributed by atoms with Crippen molar-refractivity contribution in [1.29, 1.82) is 0 Å². The molecule has 0 atom stereocenters. The third kappa shape index (κ3) is 3.92. The summed E-state index contributed by atoms with van der Waals surface area (Å²) in [5, 5.41) is 3.65. The van der Waals surface area contributed by atoms with Crippen LogP contribution in [-0.2, 0) is 0 Å². The number of rotatable bonds is 4. The molecule has 4 heteroatoms. The minimum absolute atomic E-state index is 0.846. The van der Waals surface area contributed by atoms with E-state index < -0.39 is 0 Å². The lowest BCUT2D eigenvalue weighted by atomic mass is 10.0. The van der Waals surface area contributed by atoms with Gasteiger partial charge >= 0.3 is 0 Å². The molecule has 0 bridgehead atoms. The number of hydrogen-bond acceptors (Lipinski definition) is 3. The molecule has 0 radical (unpaired) electrons. The largest absolute Gasteiger partial charge is 0.464 e. The van der Waals surface area contributed by atoms with E-state index in [-0.39, 0.29) is 0 Å². The van der Waals surface area contributed by atoms with Crippen molar-refractivity contribution in [2.45, 2.75) is 0 Å². The van der Waals surface area contributed by atoms with Crippen LogP contribution in [0.25, 0.3) is 81.5 Å². The maximum atomic E-state index is 6.12. The van der Waals surface area contributed by atoms with Crippen LogP contribution in [0.4, 0.5) is 0 Å². The first kappa shape index (κ1) is 24.2. The minimum Gasteiger partial charge on any atom is -0.464 e. The molecule has 0 aliphatic heterocycles. The van der Waals surface area contributed by atoms with Gasteiger partial charge in [-0.3, -0.25) is 4.57 Å². The summed E-state index contributed by atoms with van der Waals surface area (Å²) in [7, 11) is 0. The maximum absolute atomic E-state index is 6.12. The third-order valence-corrected chi connectivity index (χ3v) is 9.47. The highest BCUT2D eigenvalue weighted by atomic mass is 32.1. The zero-order valence-electron chi connectivity index (χ0n) is 23.1. The van der Waals surface area contributed by atoms with Crippen LogP contribution in [0, 0.1) is 0 Å². The zero-order valence-corrected chi connectivity index (χ0v) is 23.9. The van der Waals surface area contributed by atoms with Crippen LogP contribution in [0.1, 0.15) is 0 Å². The maximum Gasteiger partial charge on any atom is 0.149 e. The molecule has 202 valence electrons. The van der Waals surface area contributed by atoms with E-state index in [4.69, 9.17) is 9.40 Å². The number of fused-ring (bicyclic) bond motifs is 5. The third-order valence-electron chi connectivity index (χ3n) is 8.32. The second kappa shape index (κ2) is 9.55. The van der Waals surface area contributed by atoms with Gasteiger partial charge in [0, 0.05) is 31.2 Å². The lowest BCUT2D eigenvalue weighted by molar-refractivity contribution is 0.616. The quantitative estimate of drug-likeness (QED) is 0.211. The van der Waals surface area contributed by atoms with E-state index in [1.54, 1.807) is 0 Å². The van der Waals surface area contributed by atoms with Gasteiger partial charge in [-0.1, -0.05) is 84.9 Å². The molecule has 3 heterocycles. The molecule has 0 aliphatic rings. The van der Waals surface area contributed by atoms with Crippen molar-refractivity contribution in [3.63, 3.8) is 0 Å². The first-order valence-electron chi connectivity index (χ1n) is 14.4. The van der Waals surface area contributed by atoms with Gasteiger partial charge in [-0.2, -0.15) is 0 Å². The number of thiophene rings is 1. The second-order valence-electron chi connectivity index (χ2n) is 10.8. The molecule has 3 nitrogen and oxygen atoms in total. The molecule has 0 spiro atoms. The van der Waals surface area contributed by atoms with Crippen LogP contribution in [0.5, 0.6) is 0 Å². The molecule has 0 saturated heterocycles. The monoisotopic (exact) mass is 568 g/mol. The number of imidazole rings is 1. The van der Waals surface area contributed by atoms with Gasteiger partial charge < -0.3 is 4.42 Å². The Bertz CT molecular complexity index is 2450. The van der Waals surface area contributed by atoms with Gasteiger partial charge in [-0.25, -0.2) is 4.98 Å². The Labute approximate surface area is 251 Å². The Morgan fingerprint density at radius 2 is 1.21 bits per heavy atom. The summed E-state index contributed by atoms with van der Waals surface area (Å²) in [6.07, 6.45) is 1.85. The summed E-state index contributed by atoms with van der Waals surface area (Å²) in [6.45, 7) is 0. The van der Waals surface area contributed by atoms with E-state index in [2.05, 4.69) is 132 Å². The normalized spacial score (nSPS) is 11.7. The molecule has 6 aromatic carbocycles. The standard InChI is InChI=1S/C39H24N2OS/c1-2-8-25(9-3-1)26-14-18-29(19-15-26)41-35-12-6-5-11-34(35)40-39(41)33-24-42-36-20-16-27(22-31(33)36)28-17-21-38-32(23-28)30-10-4-7-13-37(30)43-38/h1-24H. The molecule has 0 saturated carbocycles. The fourth-order valence-electron chi connectivity index (χ4n) is 6.19. The van der Waals surface area contributed by atoms with Crippen LogP contribution >= 0.6 is 11.3 Å². The molecule has 0 N–H and O–H groups in total. The Morgan fingerprint density at radius 1 is 0.535 bits per heavy atom. The Morgan fingerprint density at radius 3 is 2.09 bits per heavy atom. The van der Waals surface area contributed by atoms with Gasteiger partial charge in [0.25, 0.3) is 0 Å². The lowest BCUT2D eigenvalue weighted by Gasteiger charge is -2.10. The predicted molar refractivity (Wildman–Crippen MR) is 180 cm³/mol. The molecule has 0 fully saturated rings. The number of furan rings is 1. The van der Waals surface area contributed by atoms with E-state index in [0.717, 1.165) is 44.6 Å². The van der Waals surface area contributed by atoms with Gasteiger partial charge in [0.2, 0.25) is 0 Å². The van der Waals surface area contributed by atoms with Crippen molar-refractivity contribution in [3.05, 3.63) is 146 Å². The summed E-state index contributed by atoms with van der Waals surface area (Å²) >= 11 is 1.84. The molecule has 0 unspecified atom stereocenters. The summed E-state index contributed by atoms with van der Waals surface area (Å²) in [5.41, 5.74) is 9.62. The molecule has 43 heavy (non-hydrogen) atoms. The van der Waals surface area contributed by atoms with E-state index >= 15 is 0 Å². The predicted octanol–water partition coefficient (Wildman–Crippen LogP) is 11.1. The Kier molecular flexibility index (Phi) is 5.37. The van der Waals surface area contributed by atoms with Crippen molar-refractivity contribution in [1.82, 2.24) is 9.55 Å². The van der Waals surface area contributed by atoms with Gasteiger partial charge in [0.05, 0.1) is 16.6 Å². The number of para-hydroxylation sites is 2. The molecule has 0 amide bonds. The van der Waals surface area contributed by atoms with Crippen molar-refractivity contribution in [2.75, 3.05) is 0 Å². The summed E-state index contributed by atoms with van der Waals surface area (Å²) in [6, 6.07) is 49.4. The summed E-state index contributed by atoms with van der Waals surface area (Å²) < 4.78 is 11.0. The molecule has 9 aromatic rings. The Balaban J connectivity index is 1.20. The minimum atomic E-state index is 0.846. The zero-order chi connectivity index (χ0) is 28.3. The molecular weight excluding hydrogens is 545 g/mol. The van der Waals surface area contributed by atoms with E-state index in [0.29, 0.717) is 0 Å². The average molecular weight is 569 g/mol. The first-order valence-corrected chi connectivity index (χ1v) is 15.2. The molecule has 3 aromatic heterocycles. The smallest absolute Gasteiger partial charge is 0.149 e. The molecule has 9 rings (SSSR count). The summed E-state index contributed by atoms with van der Waals surface area (Å²) in [4.78, 5) is 5.14. The van der Waals surface area contributed by atoms with Crippen LogP contribution in [-0.4, -0.2) is 9.55 Å². The topological polar surface area (TPSA) is 31.0 Å². The summed E-state index contributed by atoms with van der Waals surface area (Å²) in [5.74, 6) is 0.865. The van der Waals surface area contributed by atoms with E-state index in [9.17, 15) is 0 Å². The number of benzene rings is 6. The van der Waals surface area contributed by atoms with Crippen LogP contribution < -0.4 is 0 Å². The SMILES string of the molecule is c1ccc(-c2ccc(-n3c(-c4coc5ccc(-c6ccc7sc8ccccc8c7c6)cc45)nc4ccccc43)cc2)cc1. The van der Waals surface area contributed by atoms with Crippen molar-refractivity contribution in [3.8, 4) is 39.3 Å². The first-order chi connectivity index (χ1) is 21.3. The van der Waals surface area contributed by atoms with Gasteiger partial charge in [-0.15, -0.1) is 11.3 Å². The van der Waals surface area contributed by atoms with Crippen molar-refractivity contribution < 1.29 is 4.42 Å². The molecule has 0 aliphatic carbocycles.